The molecule has 0 fully saturated rings. The lowest BCUT2D eigenvalue weighted by Gasteiger charge is -2.08. The molecule has 0 atom stereocenters. The van der Waals surface area contributed by atoms with Crippen molar-refractivity contribution in [3.63, 3.8) is 0 Å². The molecule has 0 aliphatic carbocycles. The van der Waals surface area contributed by atoms with Crippen LogP contribution in [-0.4, -0.2) is 32.8 Å². The zero-order valence-electron chi connectivity index (χ0n) is 15.5. The molecule has 0 saturated carbocycles. The highest BCUT2D eigenvalue weighted by atomic mass is 35.5. The Morgan fingerprint density at radius 3 is 2.79 bits per heavy atom. The van der Waals surface area contributed by atoms with E-state index in [1.165, 1.54) is 7.11 Å². The molecular formula is C20H17ClN6O2. The van der Waals surface area contributed by atoms with Crippen LogP contribution in [0.25, 0.3) is 5.65 Å². The average molecular weight is 409 g/mol. The monoisotopic (exact) mass is 408 g/mol. The molecule has 4 rings (SSSR count). The number of carbonyl (C=O) groups excluding carboxylic acids is 1. The maximum atomic E-state index is 11.7. The highest BCUT2D eigenvalue weighted by Gasteiger charge is 2.13. The number of nitrogens with two attached hydrogens (primary N) is 1. The van der Waals surface area contributed by atoms with Crippen molar-refractivity contribution in [2.24, 2.45) is 5.73 Å². The van der Waals surface area contributed by atoms with Crippen molar-refractivity contribution in [2.45, 2.75) is 6.42 Å². The van der Waals surface area contributed by atoms with Crippen molar-refractivity contribution in [2.75, 3.05) is 12.4 Å². The van der Waals surface area contributed by atoms with Gasteiger partial charge in [0.2, 0.25) is 0 Å². The number of benzene rings is 2. The average Bonchev–Trinajstić information content (AvgIpc) is 3.10. The lowest BCUT2D eigenvalue weighted by atomic mass is 10.1. The van der Waals surface area contributed by atoms with E-state index >= 15 is 0 Å². The number of nitrogens with zero attached hydrogens (tertiary/aromatic N) is 4. The highest BCUT2D eigenvalue weighted by molar-refractivity contribution is 6.30. The van der Waals surface area contributed by atoms with Crippen LogP contribution in [0.2, 0.25) is 5.02 Å². The topological polar surface area (TPSA) is 107 Å². The smallest absolute Gasteiger partial charge is 0.252 e. The van der Waals surface area contributed by atoms with Crippen LogP contribution in [0.5, 0.6) is 5.75 Å². The summed E-state index contributed by atoms with van der Waals surface area (Å²) in [6, 6.07) is 16.2. The van der Waals surface area contributed by atoms with E-state index in [4.69, 9.17) is 22.1 Å². The second-order valence-electron chi connectivity index (χ2n) is 6.32. The number of rotatable bonds is 6. The van der Waals surface area contributed by atoms with Gasteiger partial charge in [0.25, 0.3) is 5.91 Å². The Hall–Kier alpha value is -3.65. The molecule has 2 aromatic carbocycles. The van der Waals surface area contributed by atoms with Crippen LogP contribution in [0.1, 0.15) is 21.7 Å². The molecule has 146 valence electrons. The number of fused-ring (bicyclic) bond motifs is 1. The third-order valence-electron chi connectivity index (χ3n) is 4.32. The summed E-state index contributed by atoms with van der Waals surface area (Å²) >= 11 is 6.03. The lowest BCUT2D eigenvalue weighted by molar-refractivity contribution is 0.0997. The number of hydrogen-bond acceptors (Lipinski definition) is 6. The predicted octanol–water partition coefficient (Wildman–Crippen LogP) is 3.22. The van der Waals surface area contributed by atoms with Crippen molar-refractivity contribution in [3.8, 4) is 5.75 Å². The molecule has 3 N–H and O–H groups in total. The molecule has 0 radical (unpaired) electrons. The van der Waals surface area contributed by atoms with Gasteiger partial charge in [-0.3, -0.25) is 4.79 Å². The number of hydrogen-bond donors (Lipinski definition) is 2. The van der Waals surface area contributed by atoms with E-state index in [-0.39, 0.29) is 0 Å². The van der Waals surface area contributed by atoms with E-state index in [1.807, 2.05) is 36.4 Å². The fourth-order valence-corrected chi connectivity index (χ4v) is 3.15. The zero-order chi connectivity index (χ0) is 20.4. The number of amides is 1. The minimum Gasteiger partial charge on any atom is -0.496 e. The molecule has 0 aliphatic rings. The lowest BCUT2D eigenvalue weighted by Crippen LogP contribution is -2.13. The summed E-state index contributed by atoms with van der Waals surface area (Å²) in [6.07, 6.45) is 0.416. The number of aromatic nitrogens is 4. The van der Waals surface area contributed by atoms with Gasteiger partial charge in [-0.25, -0.2) is 0 Å². The molecule has 9 heteroatoms. The molecule has 2 aromatic heterocycles. The fourth-order valence-electron chi connectivity index (χ4n) is 2.96. The number of ether oxygens (including phenoxy) is 1. The maximum Gasteiger partial charge on any atom is 0.252 e. The Bertz CT molecular complexity index is 1210. The van der Waals surface area contributed by atoms with Gasteiger partial charge in [-0.2, -0.15) is 4.52 Å². The van der Waals surface area contributed by atoms with Crippen molar-refractivity contribution in [1.82, 2.24) is 19.8 Å². The summed E-state index contributed by atoms with van der Waals surface area (Å²) in [7, 11) is 1.49. The summed E-state index contributed by atoms with van der Waals surface area (Å²) in [4.78, 5) is 11.7. The third-order valence-corrected chi connectivity index (χ3v) is 4.55. The van der Waals surface area contributed by atoms with Gasteiger partial charge in [0.05, 0.1) is 12.7 Å². The molecule has 2 heterocycles. The molecule has 29 heavy (non-hydrogen) atoms. The number of carbonyl (C=O) groups is 1. The first kappa shape index (κ1) is 18.7. The number of nitrogens with one attached hydrogen (secondary N) is 1. The Morgan fingerprint density at radius 1 is 1.17 bits per heavy atom. The van der Waals surface area contributed by atoms with E-state index in [0.29, 0.717) is 40.0 Å². The molecule has 8 nitrogen and oxygen atoms in total. The minimum absolute atomic E-state index is 0.315. The minimum atomic E-state index is -0.555. The first-order valence-electron chi connectivity index (χ1n) is 8.74. The van der Waals surface area contributed by atoms with E-state index < -0.39 is 5.91 Å². The van der Waals surface area contributed by atoms with Crippen LogP contribution in [0.3, 0.4) is 0 Å². The molecular weight excluding hydrogens is 392 g/mol. The Morgan fingerprint density at radius 2 is 2.03 bits per heavy atom. The normalized spacial score (nSPS) is 10.8. The van der Waals surface area contributed by atoms with Crippen LogP contribution in [0.4, 0.5) is 11.5 Å². The largest absolute Gasteiger partial charge is 0.496 e. The van der Waals surface area contributed by atoms with Gasteiger partial charge in [-0.05, 0) is 48.0 Å². The maximum absolute atomic E-state index is 11.7. The van der Waals surface area contributed by atoms with Crippen molar-refractivity contribution in [1.29, 1.82) is 0 Å². The van der Waals surface area contributed by atoms with Crippen molar-refractivity contribution in [3.05, 3.63) is 76.6 Å². The van der Waals surface area contributed by atoms with Crippen molar-refractivity contribution < 1.29 is 9.53 Å². The fraction of sp³-hybridized carbons (Fsp3) is 0.100. The van der Waals surface area contributed by atoms with Crippen LogP contribution in [0.15, 0.2) is 54.6 Å². The van der Waals surface area contributed by atoms with E-state index in [0.717, 1.165) is 11.3 Å². The molecule has 0 bridgehead atoms. The van der Waals surface area contributed by atoms with Crippen LogP contribution in [-0.2, 0) is 6.42 Å². The first-order valence-corrected chi connectivity index (χ1v) is 9.12. The Labute approximate surface area is 171 Å². The quantitative estimate of drug-likeness (QED) is 0.507. The van der Waals surface area contributed by atoms with Crippen molar-refractivity contribution >= 4 is 34.7 Å². The van der Waals surface area contributed by atoms with Gasteiger partial charge in [0, 0.05) is 17.1 Å². The number of methoxy groups -OCH3 is 1. The summed E-state index contributed by atoms with van der Waals surface area (Å²) in [6.45, 7) is 0. The van der Waals surface area contributed by atoms with Gasteiger partial charge in [-0.1, -0.05) is 23.7 Å². The van der Waals surface area contributed by atoms with Crippen LogP contribution < -0.4 is 15.8 Å². The summed E-state index contributed by atoms with van der Waals surface area (Å²) in [5.41, 5.74) is 8.03. The van der Waals surface area contributed by atoms with Gasteiger partial charge in [0.1, 0.15) is 5.75 Å². The SMILES string of the molecule is COc1ccc(Cc2nnc3ccc(Nc4cccc(Cl)c4)nn23)cc1C(N)=O. The second-order valence-corrected chi connectivity index (χ2v) is 6.75. The third kappa shape index (κ3) is 3.97. The van der Waals surface area contributed by atoms with Gasteiger partial charge >= 0.3 is 0 Å². The Kier molecular flexibility index (Phi) is 5.01. The van der Waals surface area contributed by atoms with E-state index in [2.05, 4.69) is 20.6 Å². The van der Waals surface area contributed by atoms with E-state index in [1.54, 1.807) is 22.7 Å². The second kappa shape index (κ2) is 7.76. The van der Waals surface area contributed by atoms with E-state index in [9.17, 15) is 4.79 Å². The molecule has 0 saturated heterocycles. The van der Waals surface area contributed by atoms with Crippen LogP contribution >= 0.6 is 11.6 Å². The molecule has 0 spiro atoms. The molecule has 0 aliphatic heterocycles. The zero-order valence-corrected chi connectivity index (χ0v) is 16.2. The molecule has 4 aromatic rings. The summed E-state index contributed by atoms with van der Waals surface area (Å²) in [5, 5.41) is 16.8. The van der Waals surface area contributed by atoms with Gasteiger partial charge in [-0.15, -0.1) is 15.3 Å². The molecule has 0 unspecified atom stereocenters. The number of halogens is 1. The predicted molar refractivity (Wildman–Crippen MR) is 110 cm³/mol. The first-order chi connectivity index (χ1) is 14.0. The van der Waals surface area contributed by atoms with Crippen LogP contribution in [0, 0.1) is 0 Å². The Balaban J connectivity index is 1.64. The highest BCUT2D eigenvalue weighted by Crippen LogP contribution is 2.22. The standard InChI is InChI=1S/C20H17ClN6O2/c1-29-16-6-5-12(9-15(16)20(22)28)10-19-25-24-18-8-7-17(26-27(18)19)23-14-4-2-3-13(21)11-14/h2-9,11H,10H2,1H3,(H2,22,28)(H,23,26). The van der Waals surface area contributed by atoms with Gasteiger partial charge < -0.3 is 15.8 Å². The number of anilines is 2. The number of primary amides is 1. The summed E-state index contributed by atoms with van der Waals surface area (Å²) < 4.78 is 6.84. The molecule has 1 amide bonds. The summed E-state index contributed by atoms with van der Waals surface area (Å²) in [5.74, 6) is 1.11. The van der Waals surface area contributed by atoms with Gasteiger partial charge in [0.15, 0.2) is 17.3 Å².